The van der Waals surface area contributed by atoms with Crippen molar-refractivity contribution < 1.29 is 9.90 Å². The Morgan fingerprint density at radius 3 is 2.50 bits per heavy atom. The number of rotatable bonds is 4. The average molecular weight is 294 g/mol. The number of aliphatic carboxylic acids is 1. The molecule has 1 aliphatic heterocycles. The van der Waals surface area contributed by atoms with Crippen molar-refractivity contribution >= 4 is 23.3 Å². The van der Waals surface area contributed by atoms with Gasteiger partial charge in [0.15, 0.2) is 0 Å². The van der Waals surface area contributed by atoms with Crippen LogP contribution >= 0.6 is 11.6 Å². The highest BCUT2D eigenvalue weighted by atomic mass is 35.5. The minimum atomic E-state index is -0.728. The van der Waals surface area contributed by atoms with Crippen LogP contribution in [0.3, 0.4) is 0 Å². The fourth-order valence-corrected chi connectivity index (χ4v) is 3.46. The number of benzene rings is 1. The summed E-state index contributed by atoms with van der Waals surface area (Å²) in [6, 6.07) is 5.82. The van der Waals surface area contributed by atoms with Gasteiger partial charge in [0.2, 0.25) is 0 Å². The number of hydrogen-bond acceptors (Lipinski definition) is 2. The molecule has 1 heterocycles. The lowest BCUT2D eigenvalue weighted by atomic mass is 9.94. The third kappa shape index (κ3) is 2.78. The van der Waals surface area contributed by atoms with Crippen molar-refractivity contribution in [2.45, 2.75) is 38.0 Å². The predicted octanol–water partition coefficient (Wildman–Crippen LogP) is 3.91. The van der Waals surface area contributed by atoms with Crippen molar-refractivity contribution in [1.29, 1.82) is 0 Å². The van der Waals surface area contributed by atoms with Crippen LogP contribution in [0.4, 0.5) is 5.69 Å². The molecule has 3 rings (SSSR count). The summed E-state index contributed by atoms with van der Waals surface area (Å²) in [6.45, 7) is 2.09. The number of carboxylic acid groups (broad SMARTS) is 1. The maximum absolute atomic E-state index is 11.4. The first-order chi connectivity index (χ1) is 9.66. The molecule has 1 saturated carbocycles. The van der Waals surface area contributed by atoms with Crippen molar-refractivity contribution in [3.8, 4) is 0 Å². The zero-order valence-corrected chi connectivity index (χ0v) is 12.3. The van der Waals surface area contributed by atoms with Crippen LogP contribution in [0.5, 0.6) is 0 Å². The van der Waals surface area contributed by atoms with Gasteiger partial charge in [-0.1, -0.05) is 17.7 Å². The molecule has 1 aromatic carbocycles. The molecule has 1 N–H and O–H groups in total. The van der Waals surface area contributed by atoms with Crippen LogP contribution in [-0.4, -0.2) is 24.2 Å². The fourth-order valence-electron chi connectivity index (χ4n) is 3.15. The Bertz CT molecular complexity index is 507. The van der Waals surface area contributed by atoms with Crippen molar-refractivity contribution in [2.24, 2.45) is 5.92 Å². The zero-order valence-electron chi connectivity index (χ0n) is 11.5. The molecule has 0 spiro atoms. The summed E-state index contributed by atoms with van der Waals surface area (Å²) in [5.74, 6) is -0.818. The van der Waals surface area contributed by atoms with E-state index in [0.717, 1.165) is 37.2 Å². The third-order valence-corrected chi connectivity index (χ3v) is 4.69. The largest absolute Gasteiger partial charge is 0.481 e. The van der Waals surface area contributed by atoms with Crippen LogP contribution < -0.4 is 4.90 Å². The molecule has 20 heavy (non-hydrogen) atoms. The molecule has 1 aliphatic carbocycles. The van der Waals surface area contributed by atoms with Gasteiger partial charge in [0.25, 0.3) is 0 Å². The topological polar surface area (TPSA) is 40.5 Å². The highest BCUT2D eigenvalue weighted by Gasteiger charge is 2.37. The lowest BCUT2D eigenvalue weighted by Gasteiger charge is -2.30. The molecule has 3 nitrogen and oxygen atoms in total. The number of piperidine rings is 1. The third-order valence-electron chi connectivity index (χ3n) is 4.39. The lowest BCUT2D eigenvalue weighted by molar-refractivity contribution is -0.139. The van der Waals surface area contributed by atoms with Gasteiger partial charge < -0.3 is 10.0 Å². The second-order valence-electron chi connectivity index (χ2n) is 5.91. The van der Waals surface area contributed by atoms with E-state index >= 15 is 0 Å². The predicted molar refractivity (Wildman–Crippen MR) is 80.6 cm³/mol. The Kier molecular flexibility index (Phi) is 3.88. The number of anilines is 1. The molecule has 2 aliphatic rings. The van der Waals surface area contributed by atoms with Crippen LogP contribution in [0.1, 0.15) is 43.6 Å². The number of hydrogen-bond donors (Lipinski definition) is 1. The summed E-state index contributed by atoms with van der Waals surface area (Å²) in [7, 11) is 0. The Balaban J connectivity index is 1.84. The van der Waals surface area contributed by atoms with Gasteiger partial charge in [-0.05, 0) is 55.7 Å². The number of nitrogens with zero attached hydrogens (tertiary/aromatic N) is 1. The summed E-state index contributed by atoms with van der Waals surface area (Å²) in [6.07, 6.45) is 5.73. The normalized spacial score (nSPS) is 20.8. The van der Waals surface area contributed by atoms with Crippen LogP contribution in [-0.2, 0) is 4.79 Å². The standard InChI is InChI=1S/C16H20ClNO2/c17-13-10-12(15(16(19)20)11-4-5-11)6-7-14(13)18-8-2-1-3-9-18/h6-7,10-11,15H,1-5,8-9H2,(H,19,20). The summed E-state index contributed by atoms with van der Waals surface area (Å²) in [5.41, 5.74) is 1.90. The van der Waals surface area contributed by atoms with Gasteiger partial charge >= 0.3 is 5.97 Å². The number of halogens is 1. The zero-order chi connectivity index (χ0) is 14.1. The van der Waals surface area contributed by atoms with Crippen molar-refractivity contribution in [3.05, 3.63) is 28.8 Å². The van der Waals surface area contributed by atoms with Crippen LogP contribution in [0.15, 0.2) is 18.2 Å². The second kappa shape index (κ2) is 5.65. The molecule has 1 unspecified atom stereocenters. The van der Waals surface area contributed by atoms with Gasteiger partial charge in [-0.15, -0.1) is 0 Å². The van der Waals surface area contributed by atoms with Gasteiger partial charge in [0.05, 0.1) is 16.6 Å². The van der Waals surface area contributed by atoms with Crippen molar-refractivity contribution in [2.75, 3.05) is 18.0 Å². The molecule has 1 saturated heterocycles. The van der Waals surface area contributed by atoms with Gasteiger partial charge in [-0.3, -0.25) is 4.79 Å². The highest BCUT2D eigenvalue weighted by Crippen LogP contribution is 2.44. The number of carbonyl (C=O) groups is 1. The number of carboxylic acids is 1. The van der Waals surface area contributed by atoms with E-state index in [1.165, 1.54) is 19.3 Å². The van der Waals surface area contributed by atoms with Crippen molar-refractivity contribution in [3.63, 3.8) is 0 Å². The Labute approximate surface area is 124 Å². The monoisotopic (exact) mass is 293 g/mol. The van der Waals surface area contributed by atoms with E-state index in [1.807, 2.05) is 18.2 Å². The molecule has 0 radical (unpaired) electrons. The molecular formula is C16H20ClNO2. The Morgan fingerprint density at radius 2 is 1.95 bits per heavy atom. The minimum Gasteiger partial charge on any atom is -0.481 e. The summed E-state index contributed by atoms with van der Waals surface area (Å²) < 4.78 is 0. The maximum Gasteiger partial charge on any atom is 0.311 e. The summed E-state index contributed by atoms with van der Waals surface area (Å²) in [4.78, 5) is 13.7. The van der Waals surface area contributed by atoms with E-state index in [-0.39, 0.29) is 5.92 Å². The van der Waals surface area contributed by atoms with E-state index < -0.39 is 5.97 Å². The first-order valence-electron chi connectivity index (χ1n) is 7.44. The molecule has 108 valence electrons. The molecule has 0 bridgehead atoms. The van der Waals surface area contributed by atoms with E-state index in [1.54, 1.807) is 0 Å². The maximum atomic E-state index is 11.4. The molecule has 0 aromatic heterocycles. The van der Waals surface area contributed by atoms with E-state index in [2.05, 4.69) is 4.90 Å². The molecule has 1 aromatic rings. The second-order valence-corrected chi connectivity index (χ2v) is 6.32. The smallest absolute Gasteiger partial charge is 0.311 e. The summed E-state index contributed by atoms with van der Waals surface area (Å²) in [5, 5.41) is 10.1. The van der Waals surface area contributed by atoms with E-state index in [4.69, 9.17) is 11.6 Å². The summed E-state index contributed by atoms with van der Waals surface area (Å²) >= 11 is 6.40. The quantitative estimate of drug-likeness (QED) is 0.915. The molecule has 2 fully saturated rings. The molecule has 1 atom stereocenters. The van der Waals surface area contributed by atoms with Crippen molar-refractivity contribution in [1.82, 2.24) is 0 Å². The van der Waals surface area contributed by atoms with Crippen LogP contribution in [0.2, 0.25) is 5.02 Å². The van der Waals surface area contributed by atoms with Crippen LogP contribution in [0, 0.1) is 5.92 Å². The Morgan fingerprint density at radius 1 is 1.25 bits per heavy atom. The molecule has 0 amide bonds. The first kappa shape index (κ1) is 13.7. The van der Waals surface area contributed by atoms with E-state index in [9.17, 15) is 9.90 Å². The first-order valence-corrected chi connectivity index (χ1v) is 7.82. The fraction of sp³-hybridized carbons (Fsp3) is 0.562. The molecule has 4 heteroatoms. The Hall–Kier alpha value is -1.22. The van der Waals surface area contributed by atoms with Crippen LogP contribution in [0.25, 0.3) is 0 Å². The lowest BCUT2D eigenvalue weighted by Crippen LogP contribution is -2.29. The van der Waals surface area contributed by atoms with Gasteiger partial charge in [-0.25, -0.2) is 0 Å². The van der Waals surface area contributed by atoms with Gasteiger partial charge in [0.1, 0.15) is 0 Å². The van der Waals surface area contributed by atoms with Gasteiger partial charge in [0, 0.05) is 13.1 Å². The average Bonchev–Trinajstić information content (AvgIpc) is 3.24. The molecular weight excluding hydrogens is 274 g/mol. The highest BCUT2D eigenvalue weighted by molar-refractivity contribution is 6.33. The van der Waals surface area contributed by atoms with Gasteiger partial charge in [-0.2, -0.15) is 0 Å². The van der Waals surface area contributed by atoms with E-state index in [0.29, 0.717) is 10.9 Å². The SMILES string of the molecule is O=C(O)C(c1ccc(N2CCCCC2)c(Cl)c1)C1CC1. The minimum absolute atomic E-state index is 0.296.